The first-order chi connectivity index (χ1) is 7.20. The maximum atomic E-state index is 5.96. The molecule has 15 heavy (non-hydrogen) atoms. The molecule has 0 unspecified atom stereocenters. The quantitative estimate of drug-likeness (QED) is 0.743. The molecule has 0 saturated carbocycles. The van der Waals surface area contributed by atoms with E-state index < -0.39 is 0 Å². The monoisotopic (exact) mass is 226 g/mol. The molecule has 0 saturated heterocycles. The molecule has 0 aliphatic carbocycles. The van der Waals surface area contributed by atoms with Gasteiger partial charge in [0.25, 0.3) is 0 Å². The van der Waals surface area contributed by atoms with Crippen LogP contribution in [0.3, 0.4) is 0 Å². The second kappa shape index (κ2) is 6.67. The van der Waals surface area contributed by atoms with Crippen molar-refractivity contribution >= 4 is 17.3 Å². The van der Waals surface area contributed by atoms with E-state index in [2.05, 4.69) is 24.1 Å². The lowest BCUT2D eigenvalue weighted by Crippen LogP contribution is -2.02. The zero-order chi connectivity index (χ0) is 11.1. The number of aromatic nitrogens is 1. The number of rotatable bonds is 6. The molecule has 1 aromatic rings. The number of pyridine rings is 1. The Hall–Kier alpha value is -0.760. The summed E-state index contributed by atoms with van der Waals surface area (Å²) in [5.74, 6) is 0.800. The number of hydrogen-bond acceptors (Lipinski definition) is 2. The van der Waals surface area contributed by atoms with Gasteiger partial charge in [0.05, 0.1) is 10.7 Å². The van der Waals surface area contributed by atoms with Crippen molar-refractivity contribution < 1.29 is 0 Å². The predicted octanol–water partition coefficient (Wildman–Crippen LogP) is 3.97. The van der Waals surface area contributed by atoms with E-state index in [1.807, 2.05) is 6.07 Å². The molecule has 0 aliphatic heterocycles. The Kier molecular flexibility index (Phi) is 5.48. The second-order valence-corrected chi connectivity index (χ2v) is 4.58. The Morgan fingerprint density at radius 3 is 2.87 bits per heavy atom. The van der Waals surface area contributed by atoms with Crippen LogP contribution in [-0.2, 0) is 0 Å². The highest BCUT2D eigenvalue weighted by molar-refractivity contribution is 6.33. The minimum atomic E-state index is 0.696. The summed E-state index contributed by atoms with van der Waals surface area (Å²) in [4.78, 5) is 3.94. The zero-order valence-electron chi connectivity index (χ0n) is 9.46. The van der Waals surface area contributed by atoms with E-state index >= 15 is 0 Å². The van der Waals surface area contributed by atoms with Gasteiger partial charge >= 0.3 is 0 Å². The van der Waals surface area contributed by atoms with Crippen molar-refractivity contribution in [3.05, 3.63) is 23.5 Å². The van der Waals surface area contributed by atoms with E-state index in [0.717, 1.165) is 18.2 Å². The summed E-state index contributed by atoms with van der Waals surface area (Å²) in [7, 11) is 0. The van der Waals surface area contributed by atoms with Crippen molar-refractivity contribution in [1.29, 1.82) is 0 Å². The van der Waals surface area contributed by atoms with E-state index in [-0.39, 0.29) is 0 Å². The lowest BCUT2D eigenvalue weighted by Gasteiger charge is -2.08. The zero-order valence-corrected chi connectivity index (χ0v) is 10.2. The first-order valence-corrected chi connectivity index (χ1v) is 5.91. The highest BCUT2D eigenvalue weighted by Crippen LogP contribution is 2.19. The molecule has 0 atom stereocenters. The fourth-order valence-corrected chi connectivity index (χ4v) is 1.61. The molecule has 0 aromatic carbocycles. The van der Waals surface area contributed by atoms with Gasteiger partial charge in [-0.1, -0.05) is 38.3 Å². The molecule has 1 heterocycles. The van der Waals surface area contributed by atoms with Crippen molar-refractivity contribution in [2.24, 2.45) is 5.92 Å². The molecule has 2 nitrogen and oxygen atoms in total. The molecule has 0 fully saturated rings. The van der Waals surface area contributed by atoms with Crippen molar-refractivity contribution in [3.8, 4) is 0 Å². The van der Waals surface area contributed by atoms with Crippen LogP contribution >= 0.6 is 11.6 Å². The van der Waals surface area contributed by atoms with Gasteiger partial charge in [-0.15, -0.1) is 0 Å². The number of anilines is 1. The molecule has 0 radical (unpaired) electrons. The largest absolute Gasteiger partial charge is 0.384 e. The topological polar surface area (TPSA) is 24.9 Å². The average Bonchev–Trinajstić information content (AvgIpc) is 2.20. The molecule has 0 bridgehead atoms. The summed E-state index contributed by atoms with van der Waals surface area (Å²) in [6.07, 6.45) is 7.18. The van der Waals surface area contributed by atoms with E-state index in [0.29, 0.717) is 5.02 Å². The summed E-state index contributed by atoms with van der Waals surface area (Å²) >= 11 is 5.96. The fraction of sp³-hybridized carbons (Fsp3) is 0.583. The summed E-state index contributed by atoms with van der Waals surface area (Å²) in [5, 5.41) is 4.01. The van der Waals surface area contributed by atoms with Crippen LogP contribution in [0.5, 0.6) is 0 Å². The molecule has 0 spiro atoms. The Morgan fingerprint density at radius 1 is 1.40 bits per heavy atom. The van der Waals surface area contributed by atoms with Crippen molar-refractivity contribution in [2.75, 3.05) is 11.9 Å². The van der Waals surface area contributed by atoms with Crippen LogP contribution in [0.1, 0.15) is 33.1 Å². The summed E-state index contributed by atoms with van der Waals surface area (Å²) in [5.41, 5.74) is 0.983. The van der Waals surface area contributed by atoms with Crippen molar-refractivity contribution in [1.82, 2.24) is 4.98 Å². The van der Waals surface area contributed by atoms with E-state index in [9.17, 15) is 0 Å². The number of nitrogens with one attached hydrogen (secondary N) is 1. The molecule has 1 rings (SSSR count). The highest BCUT2D eigenvalue weighted by Gasteiger charge is 1.98. The maximum absolute atomic E-state index is 5.96. The minimum absolute atomic E-state index is 0.696. The Labute approximate surface area is 97.1 Å². The summed E-state index contributed by atoms with van der Waals surface area (Å²) in [6.45, 7) is 5.50. The summed E-state index contributed by atoms with van der Waals surface area (Å²) < 4.78 is 0. The highest BCUT2D eigenvalue weighted by atomic mass is 35.5. The van der Waals surface area contributed by atoms with Crippen LogP contribution < -0.4 is 5.32 Å². The van der Waals surface area contributed by atoms with Crippen LogP contribution in [0.4, 0.5) is 5.69 Å². The number of hydrogen-bond donors (Lipinski definition) is 1. The van der Waals surface area contributed by atoms with Gasteiger partial charge in [-0.05, 0) is 18.4 Å². The molecular formula is C12H19ClN2. The van der Waals surface area contributed by atoms with Crippen LogP contribution in [0, 0.1) is 5.92 Å². The van der Waals surface area contributed by atoms with Gasteiger partial charge in [0, 0.05) is 18.9 Å². The smallest absolute Gasteiger partial charge is 0.0820 e. The fourth-order valence-electron chi connectivity index (χ4n) is 1.42. The third-order valence-corrected chi connectivity index (χ3v) is 2.60. The average molecular weight is 227 g/mol. The molecular weight excluding hydrogens is 208 g/mol. The Bertz CT molecular complexity index is 287. The van der Waals surface area contributed by atoms with Crippen molar-refractivity contribution in [3.63, 3.8) is 0 Å². The predicted molar refractivity (Wildman–Crippen MR) is 66.4 cm³/mol. The normalized spacial score (nSPS) is 10.7. The molecule has 0 aliphatic rings. The lowest BCUT2D eigenvalue weighted by atomic mass is 10.1. The van der Waals surface area contributed by atoms with Gasteiger partial charge < -0.3 is 5.32 Å². The Balaban J connectivity index is 2.18. The maximum Gasteiger partial charge on any atom is 0.0820 e. The molecule has 84 valence electrons. The first kappa shape index (κ1) is 12.3. The van der Waals surface area contributed by atoms with Gasteiger partial charge in [0.2, 0.25) is 0 Å². The van der Waals surface area contributed by atoms with Crippen LogP contribution in [-0.4, -0.2) is 11.5 Å². The van der Waals surface area contributed by atoms with Gasteiger partial charge in [0.15, 0.2) is 0 Å². The summed E-state index contributed by atoms with van der Waals surface area (Å²) in [6, 6.07) is 1.91. The van der Waals surface area contributed by atoms with Gasteiger partial charge in [-0.3, -0.25) is 4.98 Å². The molecule has 3 heteroatoms. The lowest BCUT2D eigenvalue weighted by molar-refractivity contribution is 0.545. The third-order valence-electron chi connectivity index (χ3n) is 2.30. The third kappa shape index (κ3) is 5.03. The van der Waals surface area contributed by atoms with Gasteiger partial charge in [0.1, 0.15) is 0 Å². The standard InChI is InChI=1S/C12H19ClN2/c1-10(2)5-3-4-7-15-12-6-8-14-9-11(12)13/h6,8-10H,3-5,7H2,1-2H3,(H,14,15). The van der Waals surface area contributed by atoms with E-state index in [4.69, 9.17) is 11.6 Å². The SMILES string of the molecule is CC(C)CCCCNc1ccncc1Cl. The molecule has 1 aromatic heterocycles. The van der Waals surface area contributed by atoms with Crippen LogP contribution in [0.25, 0.3) is 0 Å². The first-order valence-electron chi connectivity index (χ1n) is 5.53. The van der Waals surface area contributed by atoms with E-state index in [1.54, 1.807) is 12.4 Å². The van der Waals surface area contributed by atoms with Crippen molar-refractivity contribution in [2.45, 2.75) is 33.1 Å². The minimum Gasteiger partial charge on any atom is -0.384 e. The van der Waals surface area contributed by atoms with E-state index in [1.165, 1.54) is 19.3 Å². The van der Waals surface area contributed by atoms with Crippen LogP contribution in [0.15, 0.2) is 18.5 Å². The Morgan fingerprint density at radius 2 is 2.20 bits per heavy atom. The van der Waals surface area contributed by atoms with Gasteiger partial charge in [-0.2, -0.15) is 0 Å². The number of halogens is 1. The van der Waals surface area contributed by atoms with Gasteiger partial charge in [-0.25, -0.2) is 0 Å². The number of nitrogens with zero attached hydrogens (tertiary/aromatic N) is 1. The molecule has 1 N–H and O–H groups in total. The number of unbranched alkanes of at least 4 members (excludes halogenated alkanes) is 1. The van der Waals surface area contributed by atoms with Crippen LogP contribution in [0.2, 0.25) is 5.02 Å². The molecule has 0 amide bonds. The second-order valence-electron chi connectivity index (χ2n) is 4.17.